The van der Waals surface area contributed by atoms with Gasteiger partial charge < -0.3 is 5.32 Å². The summed E-state index contributed by atoms with van der Waals surface area (Å²) in [4.78, 5) is 5.31. The molecule has 0 amide bonds. The van der Waals surface area contributed by atoms with E-state index in [1.54, 1.807) is 11.3 Å². The molecule has 0 aliphatic carbocycles. The summed E-state index contributed by atoms with van der Waals surface area (Å²) >= 11 is 1.59. The van der Waals surface area contributed by atoms with Gasteiger partial charge in [0.05, 0.1) is 12.5 Å². The zero-order chi connectivity index (χ0) is 8.97. The molecule has 3 nitrogen and oxygen atoms in total. The maximum atomic E-state index is 8.43. The Kier molecular flexibility index (Phi) is 3.20. The molecular formula is C8H11N3S. The smallest absolute Gasteiger partial charge is 0.107 e. The third kappa shape index (κ3) is 2.03. The molecule has 0 bridgehead atoms. The number of aromatic nitrogens is 1. The summed E-state index contributed by atoms with van der Waals surface area (Å²) in [5, 5.41) is 12.4. The van der Waals surface area contributed by atoms with Gasteiger partial charge in [-0.15, -0.1) is 11.3 Å². The summed E-state index contributed by atoms with van der Waals surface area (Å²) in [7, 11) is 1.91. The van der Waals surface area contributed by atoms with Crippen LogP contribution in [0.25, 0.3) is 0 Å². The zero-order valence-corrected chi connectivity index (χ0v) is 7.98. The van der Waals surface area contributed by atoms with E-state index in [1.807, 2.05) is 13.2 Å². The van der Waals surface area contributed by atoms with Gasteiger partial charge >= 0.3 is 0 Å². The van der Waals surface area contributed by atoms with Crippen molar-refractivity contribution in [2.45, 2.75) is 19.4 Å². The van der Waals surface area contributed by atoms with Crippen LogP contribution < -0.4 is 5.32 Å². The number of nitrogens with one attached hydrogen (secondary N) is 1. The number of nitriles is 1. The first-order valence-electron chi connectivity index (χ1n) is 3.76. The number of rotatable bonds is 3. The minimum Gasteiger partial charge on any atom is -0.312 e. The molecule has 1 aromatic heterocycles. The molecule has 0 radical (unpaired) electrons. The van der Waals surface area contributed by atoms with Crippen LogP contribution in [0, 0.1) is 11.3 Å². The van der Waals surface area contributed by atoms with Crippen molar-refractivity contribution in [1.82, 2.24) is 10.3 Å². The van der Waals surface area contributed by atoms with Gasteiger partial charge in [-0.2, -0.15) is 5.26 Å². The zero-order valence-electron chi connectivity index (χ0n) is 7.16. The summed E-state index contributed by atoms with van der Waals surface area (Å²) in [6.45, 7) is 2.07. The largest absolute Gasteiger partial charge is 0.312 e. The average molecular weight is 181 g/mol. The van der Waals surface area contributed by atoms with E-state index in [2.05, 4.69) is 23.3 Å². The molecule has 0 spiro atoms. The molecule has 0 fully saturated rings. The second-order valence-electron chi connectivity index (χ2n) is 2.50. The minimum atomic E-state index is 0.329. The van der Waals surface area contributed by atoms with Gasteiger partial charge in [0, 0.05) is 17.1 Å². The third-order valence-corrected chi connectivity index (χ3v) is 2.84. The van der Waals surface area contributed by atoms with Gasteiger partial charge in [0.15, 0.2) is 0 Å². The van der Waals surface area contributed by atoms with Gasteiger partial charge in [-0.05, 0) is 14.0 Å². The maximum Gasteiger partial charge on any atom is 0.107 e. The summed E-state index contributed by atoms with van der Waals surface area (Å²) in [6.07, 6.45) is 2.25. The quantitative estimate of drug-likeness (QED) is 0.768. The van der Waals surface area contributed by atoms with Crippen LogP contribution in [-0.2, 0) is 6.42 Å². The van der Waals surface area contributed by atoms with Crippen molar-refractivity contribution >= 4 is 11.3 Å². The fourth-order valence-corrected chi connectivity index (χ4v) is 1.73. The van der Waals surface area contributed by atoms with Crippen LogP contribution in [0.5, 0.6) is 0 Å². The van der Waals surface area contributed by atoms with Crippen LogP contribution in [0.1, 0.15) is 22.9 Å². The molecule has 1 unspecified atom stereocenters. The first-order valence-corrected chi connectivity index (χ1v) is 4.58. The molecule has 12 heavy (non-hydrogen) atoms. The molecule has 0 aliphatic rings. The molecule has 4 heteroatoms. The van der Waals surface area contributed by atoms with Gasteiger partial charge in [-0.3, -0.25) is 0 Å². The summed E-state index contributed by atoms with van der Waals surface area (Å²) < 4.78 is 0. The first-order chi connectivity index (χ1) is 5.77. The molecular weight excluding hydrogens is 170 g/mol. The van der Waals surface area contributed by atoms with E-state index >= 15 is 0 Å². The van der Waals surface area contributed by atoms with Crippen molar-refractivity contribution in [3.05, 3.63) is 16.1 Å². The Labute approximate surface area is 76.1 Å². The lowest BCUT2D eigenvalue weighted by Crippen LogP contribution is -2.10. The number of hydrogen-bond acceptors (Lipinski definition) is 4. The fraction of sp³-hybridized carbons (Fsp3) is 0.500. The lowest BCUT2D eigenvalue weighted by atomic mass is 10.3. The highest BCUT2D eigenvalue weighted by atomic mass is 32.1. The van der Waals surface area contributed by atoms with E-state index in [0.29, 0.717) is 12.5 Å². The minimum absolute atomic E-state index is 0.329. The third-order valence-electron chi connectivity index (χ3n) is 1.66. The second-order valence-corrected chi connectivity index (χ2v) is 3.65. The molecule has 1 aromatic rings. The van der Waals surface area contributed by atoms with Crippen LogP contribution in [0.15, 0.2) is 6.20 Å². The summed E-state index contributed by atoms with van der Waals surface area (Å²) in [5.74, 6) is 0. The van der Waals surface area contributed by atoms with E-state index in [-0.39, 0.29) is 0 Å². The molecule has 1 rings (SSSR count). The second kappa shape index (κ2) is 4.19. The molecule has 64 valence electrons. The molecule has 0 aliphatic heterocycles. The Bertz CT molecular complexity index is 287. The van der Waals surface area contributed by atoms with Gasteiger partial charge in [0.1, 0.15) is 5.01 Å². The first kappa shape index (κ1) is 9.17. The van der Waals surface area contributed by atoms with Crippen LogP contribution in [-0.4, -0.2) is 12.0 Å². The topological polar surface area (TPSA) is 48.7 Å². The van der Waals surface area contributed by atoms with Crippen molar-refractivity contribution in [3.8, 4) is 6.07 Å². The Hall–Kier alpha value is -0.920. The normalized spacial score (nSPS) is 12.4. The lowest BCUT2D eigenvalue weighted by Gasteiger charge is -2.04. The highest BCUT2D eigenvalue weighted by molar-refractivity contribution is 7.11. The van der Waals surface area contributed by atoms with E-state index < -0.39 is 0 Å². The Morgan fingerprint density at radius 2 is 2.58 bits per heavy atom. The molecule has 1 atom stereocenters. The molecule has 1 heterocycles. The van der Waals surface area contributed by atoms with Crippen LogP contribution >= 0.6 is 11.3 Å². The SMILES string of the molecule is CNC(C)c1cnc(CC#N)s1. The van der Waals surface area contributed by atoms with Crippen molar-refractivity contribution < 1.29 is 0 Å². The summed E-state index contributed by atoms with van der Waals surface area (Å²) in [5.41, 5.74) is 0. The van der Waals surface area contributed by atoms with Gasteiger partial charge in [0.2, 0.25) is 0 Å². The molecule has 1 N–H and O–H groups in total. The number of hydrogen-bond donors (Lipinski definition) is 1. The molecule has 0 saturated carbocycles. The highest BCUT2D eigenvalue weighted by Gasteiger charge is 2.06. The number of thiazole rings is 1. The van der Waals surface area contributed by atoms with Crippen molar-refractivity contribution in [1.29, 1.82) is 5.26 Å². The average Bonchev–Trinajstić information content (AvgIpc) is 2.52. The van der Waals surface area contributed by atoms with E-state index in [4.69, 9.17) is 5.26 Å². The Balaban J connectivity index is 2.71. The number of nitrogens with zero attached hydrogens (tertiary/aromatic N) is 2. The van der Waals surface area contributed by atoms with E-state index in [1.165, 1.54) is 4.88 Å². The molecule has 0 aromatic carbocycles. The maximum absolute atomic E-state index is 8.43. The van der Waals surface area contributed by atoms with Gasteiger partial charge in [-0.25, -0.2) is 4.98 Å². The fourth-order valence-electron chi connectivity index (χ4n) is 0.816. The van der Waals surface area contributed by atoms with Crippen molar-refractivity contribution in [2.75, 3.05) is 7.05 Å². The monoisotopic (exact) mass is 181 g/mol. The van der Waals surface area contributed by atoms with Gasteiger partial charge in [0.25, 0.3) is 0 Å². The summed E-state index contributed by atoms with van der Waals surface area (Å²) in [6, 6.07) is 2.41. The van der Waals surface area contributed by atoms with Crippen LogP contribution in [0.2, 0.25) is 0 Å². The van der Waals surface area contributed by atoms with E-state index in [9.17, 15) is 0 Å². The Morgan fingerprint density at radius 3 is 3.17 bits per heavy atom. The van der Waals surface area contributed by atoms with Crippen LogP contribution in [0.3, 0.4) is 0 Å². The standard InChI is InChI=1S/C8H11N3S/c1-6(10-2)7-5-11-8(12-7)3-4-9/h5-6,10H,3H2,1-2H3. The Morgan fingerprint density at radius 1 is 1.83 bits per heavy atom. The lowest BCUT2D eigenvalue weighted by molar-refractivity contribution is 0.662. The predicted octanol–water partition coefficient (Wildman–Crippen LogP) is 1.49. The van der Waals surface area contributed by atoms with E-state index in [0.717, 1.165) is 5.01 Å². The molecule has 0 saturated heterocycles. The predicted molar refractivity (Wildman–Crippen MR) is 48.9 cm³/mol. The van der Waals surface area contributed by atoms with Crippen molar-refractivity contribution in [3.63, 3.8) is 0 Å². The van der Waals surface area contributed by atoms with Crippen LogP contribution in [0.4, 0.5) is 0 Å². The highest BCUT2D eigenvalue weighted by Crippen LogP contribution is 2.19. The van der Waals surface area contributed by atoms with Gasteiger partial charge in [-0.1, -0.05) is 0 Å². The van der Waals surface area contributed by atoms with Crippen molar-refractivity contribution in [2.24, 2.45) is 0 Å².